The van der Waals surface area contributed by atoms with Crippen molar-refractivity contribution in [1.82, 2.24) is 4.98 Å². The van der Waals surface area contributed by atoms with E-state index < -0.39 is 0 Å². The largest absolute Gasteiger partial charge is 0.398 e. The first-order valence-corrected chi connectivity index (χ1v) is 6.96. The van der Waals surface area contributed by atoms with Crippen molar-refractivity contribution in [3.05, 3.63) is 57.5 Å². The highest BCUT2D eigenvalue weighted by Crippen LogP contribution is 2.32. The molecule has 21 heavy (non-hydrogen) atoms. The Hall–Kier alpha value is -2.56. The number of pyridine rings is 1. The van der Waals surface area contributed by atoms with Gasteiger partial charge in [0.15, 0.2) is 0 Å². The molecule has 2 aromatic rings. The number of nitrogens with zero attached hydrogens (tertiary/aromatic N) is 1. The van der Waals surface area contributed by atoms with Crippen LogP contribution >= 0.6 is 0 Å². The van der Waals surface area contributed by atoms with Gasteiger partial charge in [-0.05, 0) is 43.0 Å². The topological polar surface area (TPSA) is 79.2 Å². The van der Waals surface area contributed by atoms with E-state index >= 15 is 0 Å². The van der Waals surface area contributed by atoms with Crippen molar-refractivity contribution in [2.75, 3.05) is 17.2 Å². The minimum Gasteiger partial charge on any atom is -0.398 e. The average molecular weight is 283 g/mol. The first kappa shape index (κ1) is 13.4. The van der Waals surface area contributed by atoms with Crippen LogP contribution in [0.15, 0.2) is 35.3 Å². The third kappa shape index (κ3) is 2.31. The molecule has 0 radical (unpaired) electrons. The number of rotatable bonds is 1. The smallest absolute Gasteiger partial charge is 0.260 e. The summed E-state index contributed by atoms with van der Waals surface area (Å²) in [5, 5.41) is 0. The van der Waals surface area contributed by atoms with E-state index in [1.54, 1.807) is 11.8 Å². The van der Waals surface area contributed by atoms with Gasteiger partial charge in [0.2, 0.25) is 5.56 Å². The maximum atomic E-state index is 12.8. The molecule has 3 rings (SSSR count). The Balaban J connectivity index is 2.04. The molecule has 5 nitrogen and oxygen atoms in total. The molecule has 0 unspecified atom stereocenters. The van der Waals surface area contributed by atoms with Crippen LogP contribution in [0.2, 0.25) is 0 Å². The number of nitrogens with one attached hydrogen (secondary N) is 1. The molecule has 3 N–H and O–H groups in total. The van der Waals surface area contributed by atoms with Gasteiger partial charge in [-0.1, -0.05) is 6.07 Å². The van der Waals surface area contributed by atoms with Crippen LogP contribution in [-0.2, 0) is 6.42 Å². The SMILES string of the molecule is Cc1cc(=O)[nH]cc1C(=O)N1CCCc2c(N)cccc21. The quantitative estimate of drug-likeness (QED) is 0.784. The van der Waals surface area contributed by atoms with Crippen LogP contribution in [0.3, 0.4) is 0 Å². The number of H-pyrrole nitrogens is 1. The zero-order chi connectivity index (χ0) is 15.0. The Kier molecular flexibility index (Phi) is 3.25. The van der Waals surface area contributed by atoms with Gasteiger partial charge in [-0.15, -0.1) is 0 Å². The van der Waals surface area contributed by atoms with E-state index in [0.717, 1.165) is 29.8 Å². The van der Waals surface area contributed by atoms with Crippen molar-refractivity contribution in [1.29, 1.82) is 0 Å². The van der Waals surface area contributed by atoms with Crippen LogP contribution in [0.5, 0.6) is 0 Å². The third-order valence-electron chi connectivity index (χ3n) is 3.89. The molecule has 1 amide bonds. The second kappa shape index (κ2) is 5.09. The van der Waals surface area contributed by atoms with Crippen LogP contribution < -0.4 is 16.2 Å². The molecule has 0 bridgehead atoms. The van der Waals surface area contributed by atoms with Gasteiger partial charge in [-0.2, -0.15) is 0 Å². The highest BCUT2D eigenvalue weighted by molar-refractivity contribution is 6.07. The number of aryl methyl sites for hydroxylation is 1. The average Bonchev–Trinajstić information content (AvgIpc) is 2.46. The van der Waals surface area contributed by atoms with Gasteiger partial charge in [-0.3, -0.25) is 9.59 Å². The molecule has 0 aliphatic carbocycles. The number of aromatic amines is 1. The Morgan fingerprint density at radius 1 is 1.38 bits per heavy atom. The van der Waals surface area contributed by atoms with E-state index in [1.165, 1.54) is 12.3 Å². The van der Waals surface area contributed by atoms with Gasteiger partial charge >= 0.3 is 0 Å². The maximum absolute atomic E-state index is 12.8. The fourth-order valence-electron chi connectivity index (χ4n) is 2.81. The number of hydrogen-bond acceptors (Lipinski definition) is 3. The number of carbonyl (C=O) groups excluding carboxylic acids is 1. The highest BCUT2D eigenvalue weighted by atomic mass is 16.2. The van der Waals surface area contributed by atoms with Gasteiger partial charge in [0.1, 0.15) is 0 Å². The summed E-state index contributed by atoms with van der Waals surface area (Å²) < 4.78 is 0. The number of amides is 1. The molecule has 0 spiro atoms. The lowest BCUT2D eigenvalue weighted by atomic mass is 9.98. The van der Waals surface area contributed by atoms with E-state index in [2.05, 4.69) is 4.98 Å². The van der Waals surface area contributed by atoms with E-state index in [9.17, 15) is 9.59 Å². The Labute approximate surface area is 122 Å². The van der Waals surface area contributed by atoms with Crippen LogP contribution in [-0.4, -0.2) is 17.4 Å². The van der Waals surface area contributed by atoms with Crippen molar-refractivity contribution in [3.63, 3.8) is 0 Å². The summed E-state index contributed by atoms with van der Waals surface area (Å²) in [7, 11) is 0. The number of hydrogen-bond donors (Lipinski definition) is 2. The molecule has 1 aliphatic rings. The molecule has 2 heterocycles. The van der Waals surface area contributed by atoms with Crippen LogP contribution in [0.1, 0.15) is 27.9 Å². The van der Waals surface area contributed by atoms with Gasteiger partial charge in [-0.25, -0.2) is 0 Å². The van der Waals surface area contributed by atoms with Crippen LogP contribution in [0.4, 0.5) is 11.4 Å². The molecule has 5 heteroatoms. The number of carbonyl (C=O) groups is 1. The zero-order valence-electron chi connectivity index (χ0n) is 11.8. The summed E-state index contributed by atoms with van der Waals surface area (Å²) in [5.74, 6) is -0.102. The number of anilines is 2. The fraction of sp³-hybridized carbons (Fsp3) is 0.250. The summed E-state index contributed by atoms with van der Waals surface area (Å²) in [5.41, 5.74) is 9.63. The normalized spacial score (nSPS) is 13.9. The molecule has 0 saturated carbocycles. The molecular formula is C16H17N3O2. The molecule has 0 saturated heterocycles. The van der Waals surface area contributed by atoms with E-state index in [-0.39, 0.29) is 11.5 Å². The minimum atomic E-state index is -0.202. The van der Waals surface area contributed by atoms with Crippen molar-refractivity contribution >= 4 is 17.3 Å². The van der Waals surface area contributed by atoms with Crippen molar-refractivity contribution < 1.29 is 4.79 Å². The molecule has 1 aromatic carbocycles. The molecule has 0 fully saturated rings. The fourth-order valence-corrected chi connectivity index (χ4v) is 2.81. The first-order valence-electron chi connectivity index (χ1n) is 6.96. The number of benzene rings is 1. The monoisotopic (exact) mass is 283 g/mol. The van der Waals surface area contributed by atoms with Gasteiger partial charge < -0.3 is 15.6 Å². The third-order valence-corrected chi connectivity index (χ3v) is 3.89. The molecule has 1 aromatic heterocycles. The Morgan fingerprint density at radius 3 is 2.95 bits per heavy atom. The summed E-state index contributed by atoms with van der Waals surface area (Å²) in [6, 6.07) is 7.08. The summed E-state index contributed by atoms with van der Waals surface area (Å²) in [6.45, 7) is 2.43. The second-order valence-electron chi connectivity index (χ2n) is 5.30. The van der Waals surface area contributed by atoms with E-state index in [1.807, 2.05) is 18.2 Å². The van der Waals surface area contributed by atoms with Gasteiger partial charge in [0.25, 0.3) is 5.91 Å². The zero-order valence-corrected chi connectivity index (χ0v) is 11.8. The summed E-state index contributed by atoms with van der Waals surface area (Å²) >= 11 is 0. The number of fused-ring (bicyclic) bond motifs is 1. The number of nitrogens with two attached hydrogens (primary N) is 1. The van der Waals surface area contributed by atoms with Crippen molar-refractivity contribution in [2.45, 2.75) is 19.8 Å². The van der Waals surface area contributed by atoms with E-state index in [0.29, 0.717) is 17.7 Å². The van der Waals surface area contributed by atoms with Gasteiger partial charge in [0.05, 0.1) is 5.56 Å². The van der Waals surface area contributed by atoms with Gasteiger partial charge in [0, 0.05) is 30.2 Å². The Bertz CT molecular complexity index is 764. The summed E-state index contributed by atoms with van der Waals surface area (Å²) in [6.07, 6.45) is 3.26. The predicted octanol–water partition coefficient (Wildman–Crippen LogP) is 1.86. The Morgan fingerprint density at radius 2 is 2.19 bits per heavy atom. The maximum Gasteiger partial charge on any atom is 0.260 e. The van der Waals surface area contributed by atoms with E-state index in [4.69, 9.17) is 5.73 Å². The first-order chi connectivity index (χ1) is 10.1. The number of aromatic nitrogens is 1. The number of nitrogen functional groups attached to an aromatic ring is 1. The van der Waals surface area contributed by atoms with Crippen molar-refractivity contribution in [3.8, 4) is 0 Å². The summed E-state index contributed by atoms with van der Waals surface area (Å²) in [4.78, 5) is 28.4. The molecule has 108 valence electrons. The lowest BCUT2D eigenvalue weighted by molar-refractivity contribution is 0.0984. The van der Waals surface area contributed by atoms with Crippen LogP contribution in [0.25, 0.3) is 0 Å². The van der Waals surface area contributed by atoms with Crippen LogP contribution in [0, 0.1) is 6.92 Å². The minimum absolute atomic E-state index is 0.102. The lowest BCUT2D eigenvalue weighted by Gasteiger charge is -2.30. The molecule has 1 aliphatic heterocycles. The predicted molar refractivity (Wildman–Crippen MR) is 82.7 cm³/mol. The molecule has 0 atom stereocenters. The molecular weight excluding hydrogens is 266 g/mol. The lowest BCUT2D eigenvalue weighted by Crippen LogP contribution is -2.36. The second-order valence-corrected chi connectivity index (χ2v) is 5.30. The van der Waals surface area contributed by atoms with Crippen molar-refractivity contribution in [2.24, 2.45) is 0 Å². The highest BCUT2D eigenvalue weighted by Gasteiger charge is 2.25. The standard InChI is InChI=1S/C16H17N3O2/c1-10-8-15(20)18-9-12(10)16(21)19-7-3-4-11-13(17)5-2-6-14(11)19/h2,5-6,8-9H,3-4,7,17H2,1H3,(H,18,20).